The van der Waals surface area contributed by atoms with Crippen LogP contribution in [0.15, 0.2) is 0 Å². The summed E-state index contributed by atoms with van der Waals surface area (Å²) in [5, 5.41) is 18.8. The standard InChI is InChI=1S/C14H24O3/c1-3-5-7-10-14(17,11-8-6-4-2)12-9-13(15)16/h17H,3-8,10-11H2,1-2H3,(H,15,16). The lowest BCUT2D eigenvalue weighted by molar-refractivity contribution is -0.130. The Morgan fingerprint density at radius 1 is 1.06 bits per heavy atom. The molecule has 0 fully saturated rings. The van der Waals surface area contributed by atoms with E-state index in [0.717, 1.165) is 38.5 Å². The van der Waals surface area contributed by atoms with Crippen LogP contribution in [-0.4, -0.2) is 21.8 Å². The molecule has 0 bridgehead atoms. The molecule has 2 N–H and O–H groups in total. The molecule has 0 spiro atoms. The van der Waals surface area contributed by atoms with Crippen molar-refractivity contribution in [2.45, 2.75) is 70.8 Å². The summed E-state index contributed by atoms with van der Waals surface area (Å²) in [5.74, 6) is 3.40. The van der Waals surface area contributed by atoms with Gasteiger partial charge in [0.15, 0.2) is 0 Å². The normalized spacial score (nSPS) is 10.8. The van der Waals surface area contributed by atoms with Crippen molar-refractivity contribution in [2.24, 2.45) is 0 Å². The number of carbonyl (C=O) groups is 1. The monoisotopic (exact) mass is 240 g/mol. The van der Waals surface area contributed by atoms with E-state index in [0.29, 0.717) is 12.8 Å². The lowest BCUT2D eigenvalue weighted by atomic mass is 9.90. The van der Waals surface area contributed by atoms with Crippen molar-refractivity contribution in [3.8, 4) is 11.8 Å². The molecule has 0 aliphatic heterocycles. The molecular formula is C14H24O3. The second-order valence-corrected chi connectivity index (χ2v) is 4.50. The number of carboxylic acid groups (broad SMARTS) is 1. The first-order valence-electron chi connectivity index (χ1n) is 6.52. The molecule has 0 aromatic carbocycles. The maximum absolute atomic E-state index is 10.4. The van der Waals surface area contributed by atoms with Gasteiger partial charge >= 0.3 is 5.97 Å². The Morgan fingerprint density at radius 2 is 1.53 bits per heavy atom. The van der Waals surface area contributed by atoms with E-state index in [-0.39, 0.29) is 0 Å². The molecule has 0 heterocycles. The van der Waals surface area contributed by atoms with Gasteiger partial charge in [-0.25, -0.2) is 4.79 Å². The largest absolute Gasteiger partial charge is 0.472 e. The average Bonchev–Trinajstić information content (AvgIpc) is 2.27. The van der Waals surface area contributed by atoms with Gasteiger partial charge in [-0.1, -0.05) is 45.5 Å². The van der Waals surface area contributed by atoms with E-state index in [1.165, 1.54) is 0 Å². The Hall–Kier alpha value is -1.01. The van der Waals surface area contributed by atoms with Crippen molar-refractivity contribution >= 4 is 5.97 Å². The molecule has 98 valence electrons. The number of unbranched alkanes of at least 4 members (excludes halogenated alkanes) is 4. The Bertz CT molecular complexity index is 263. The number of aliphatic hydroxyl groups is 1. The summed E-state index contributed by atoms with van der Waals surface area (Å²) in [5.41, 5.74) is -1.11. The van der Waals surface area contributed by atoms with Crippen molar-refractivity contribution in [3.63, 3.8) is 0 Å². The van der Waals surface area contributed by atoms with Crippen LogP contribution in [0.1, 0.15) is 65.2 Å². The molecule has 0 radical (unpaired) electrons. The minimum absolute atomic E-state index is 0.574. The van der Waals surface area contributed by atoms with Gasteiger partial charge < -0.3 is 10.2 Å². The van der Waals surface area contributed by atoms with Crippen molar-refractivity contribution in [1.82, 2.24) is 0 Å². The maximum atomic E-state index is 10.4. The van der Waals surface area contributed by atoms with Crippen LogP contribution in [0.2, 0.25) is 0 Å². The molecule has 0 aliphatic carbocycles. The highest BCUT2D eigenvalue weighted by molar-refractivity contribution is 5.86. The van der Waals surface area contributed by atoms with Crippen molar-refractivity contribution in [3.05, 3.63) is 0 Å². The van der Waals surface area contributed by atoms with Gasteiger partial charge in [-0.3, -0.25) is 0 Å². The fraction of sp³-hybridized carbons (Fsp3) is 0.786. The third kappa shape index (κ3) is 8.76. The lowest BCUT2D eigenvalue weighted by Gasteiger charge is -2.22. The molecule has 0 atom stereocenters. The van der Waals surface area contributed by atoms with E-state index in [1.807, 2.05) is 0 Å². The summed E-state index contributed by atoms with van der Waals surface area (Å²) >= 11 is 0. The maximum Gasteiger partial charge on any atom is 0.382 e. The highest BCUT2D eigenvalue weighted by atomic mass is 16.4. The fourth-order valence-corrected chi connectivity index (χ4v) is 1.75. The molecule has 3 heteroatoms. The average molecular weight is 240 g/mol. The number of rotatable bonds is 8. The van der Waals surface area contributed by atoms with Crippen LogP contribution in [0.3, 0.4) is 0 Å². The molecular weight excluding hydrogens is 216 g/mol. The van der Waals surface area contributed by atoms with E-state index >= 15 is 0 Å². The van der Waals surface area contributed by atoms with Crippen molar-refractivity contribution in [2.75, 3.05) is 0 Å². The van der Waals surface area contributed by atoms with E-state index in [9.17, 15) is 9.90 Å². The lowest BCUT2D eigenvalue weighted by Crippen LogP contribution is -2.26. The summed E-state index contributed by atoms with van der Waals surface area (Å²) in [6.07, 6.45) is 7.20. The van der Waals surface area contributed by atoms with Crippen LogP contribution in [0.25, 0.3) is 0 Å². The number of aliphatic carboxylic acids is 1. The minimum Gasteiger partial charge on any atom is -0.472 e. The Morgan fingerprint density at radius 3 is 1.88 bits per heavy atom. The summed E-state index contributed by atoms with van der Waals surface area (Å²) in [4.78, 5) is 10.4. The molecule has 0 rings (SSSR count). The Kier molecular flexibility index (Phi) is 8.53. The van der Waals surface area contributed by atoms with Crippen LogP contribution in [-0.2, 0) is 4.79 Å². The topological polar surface area (TPSA) is 57.5 Å². The summed E-state index contributed by atoms with van der Waals surface area (Å²) in [6, 6.07) is 0. The minimum atomic E-state index is -1.17. The van der Waals surface area contributed by atoms with Crippen LogP contribution >= 0.6 is 0 Å². The van der Waals surface area contributed by atoms with Gasteiger partial charge in [0.2, 0.25) is 0 Å². The van der Waals surface area contributed by atoms with Crippen LogP contribution < -0.4 is 0 Å². The van der Waals surface area contributed by atoms with E-state index in [1.54, 1.807) is 0 Å². The second-order valence-electron chi connectivity index (χ2n) is 4.50. The highest BCUT2D eigenvalue weighted by Crippen LogP contribution is 2.21. The van der Waals surface area contributed by atoms with Crippen LogP contribution in [0.4, 0.5) is 0 Å². The second kappa shape index (κ2) is 9.07. The zero-order chi connectivity index (χ0) is 13.1. The fourth-order valence-electron chi connectivity index (χ4n) is 1.75. The van der Waals surface area contributed by atoms with Gasteiger partial charge in [0.05, 0.1) is 0 Å². The first-order chi connectivity index (χ1) is 8.04. The molecule has 0 saturated carbocycles. The molecule has 0 unspecified atom stereocenters. The van der Waals surface area contributed by atoms with Crippen LogP contribution in [0.5, 0.6) is 0 Å². The number of hydrogen-bond acceptors (Lipinski definition) is 2. The van der Waals surface area contributed by atoms with E-state index < -0.39 is 11.6 Å². The summed E-state index contributed by atoms with van der Waals surface area (Å²) in [6.45, 7) is 4.19. The summed E-state index contributed by atoms with van der Waals surface area (Å²) < 4.78 is 0. The van der Waals surface area contributed by atoms with Crippen molar-refractivity contribution in [1.29, 1.82) is 0 Å². The first-order valence-corrected chi connectivity index (χ1v) is 6.52. The highest BCUT2D eigenvalue weighted by Gasteiger charge is 2.23. The first kappa shape index (κ1) is 16.0. The number of hydrogen-bond donors (Lipinski definition) is 2. The molecule has 0 aromatic heterocycles. The van der Waals surface area contributed by atoms with Gasteiger partial charge in [-0.15, -0.1) is 0 Å². The molecule has 0 aliphatic rings. The van der Waals surface area contributed by atoms with Gasteiger partial charge in [0, 0.05) is 5.92 Å². The smallest absolute Gasteiger partial charge is 0.382 e. The molecule has 0 aromatic rings. The number of carboxylic acids is 1. The summed E-state index contributed by atoms with van der Waals surface area (Å²) in [7, 11) is 0. The van der Waals surface area contributed by atoms with Crippen LogP contribution in [0, 0.1) is 11.8 Å². The molecule has 3 nitrogen and oxygen atoms in total. The predicted molar refractivity (Wildman–Crippen MR) is 68.6 cm³/mol. The molecule has 0 saturated heterocycles. The van der Waals surface area contributed by atoms with E-state index in [2.05, 4.69) is 25.7 Å². The Balaban J connectivity index is 4.35. The molecule has 0 amide bonds. The Labute approximate surface area is 104 Å². The van der Waals surface area contributed by atoms with Gasteiger partial charge in [-0.2, -0.15) is 0 Å². The van der Waals surface area contributed by atoms with Gasteiger partial charge in [-0.05, 0) is 25.7 Å². The van der Waals surface area contributed by atoms with Gasteiger partial charge in [0.1, 0.15) is 5.60 Å². The SMILES string of the molecule is CCCCCC(O)(C#CC(=O)O)CCCCC. The third-order valence-corrected chi connectivity index (χ3v) is 2.79. The third-order valence-electron chi connectivity index (χ3n) is 2.79. The quantitative estimate of drug-likeness (QED) is 0.506. The van der Waals surface area contributed by atoms with Crippen molar-refractivity contribution < 1.29 is 15.0 Å². The zero-order valence-electron chi connectivity index (χ0n) is 11.0. The molecule has 17 heavy (non-hydrogen) atoms. The van der Waals surface area contributed by atoms with Gasteiger partial charge in [0.25, 0.3) is 0 Å². The predicted octanol–water partition coefficient (Wildman–Crippen LogP) is 2.97. The van der Waals surface area contributed by atoms with E-state index in [4.69, 9.17) is 5.11 Å². The zero-order valence-corrected chi connectivity index (χ0v) is 11.0.